The Hall–Kier alpha value is -3.90. The first-order valence-electron chi connectivity index (χ1n) is 12.2. The second-order valence-electron chi connectivity index (χ2n) is 9.96. The van der Waals surface area contributed by atoms with Crippen LogP contribution in [-0.2, 0) is 7.05 Å². The predicted molar refractivity (Wildman–Crippen MR) is 145 cm³/mol. The molecule has 0 bridgehead atoms. The van der Waals surface area contributed by atoms with Gasteiger partial charge in [-0.15, -0.1) is 0 Å². The van der Waals surface area contributed by atoms with Gasteiger partial charge in [0.1, 0.15) is 18.2 Å². The number of furan rings is 1. The lowest BCUT2D eigenvalue weighted by molar-refractivity contribution is -0.667. The number of nitrogens with zero attached hydrogens (tertiary/aromatic N) is 2. The first-order valence-corrected chi connectivity index (χ1v) is 12.2. The van der Waals surface area contributed by atoms with Gasteiger partial charge in [-0.05, 0) is 43.4 Å². The third-order valence-corrected chi connectivity index (χ3v) is 7.47. The van der Waals surface area contributed by atoms with Crippen LogP contribution < -0.4 is 4.57 Å². The van der Waals surface area contributed by atoms with Crippen molar-refractivity contribution in [1.82, 2.24) is 0 Å². The van der Waals surface area contributed by atoms with Crippen molar-refractivity contribution in [2.24, 2.45) is 7.05 Å². The van der Waals surface area contributed by atoms with Gasteiger partial charge in [0.05, 0.1) is 12.1 Å². The summed E-state index contributed by atoms with van der Waals surface area (Å²) in [4.78, 5) is 3.84. The van der Waals surface area contributed by atoms with E-state index in [1.165, 1.54) is 27.9 Å². The minimum atomic E-state index is 0.429. The van der Waals surface area contributed by atoms with Gasteiger partial charge in [-0.1, -0.05) is 67.9 Å². The fraction of sp³-hybridized carbons (Fsp3) is 0.250. The molecule has 0 aliphatic heterocycles. The van der Waals surface area contributed by atoms with Crippen molar-refractivity contribution in [2.75, 3.05) is 0 Å². The number of fused-ring (bicyclic) bond motifs is 3. The van der Waals surface area contributed by atoms with E-state index >= 15 is 0 Å². The summed E-state index contributed by atoms with van der Waals surface area (Å²) >= 11 is 0. The molecule has 5 aromatic rings. The Morgan fingerprint density at radius 2 is 1.46 bits per heavy atom. The van der Waals surface area contributed by atoms with Crippen molar-refractivity contribution in [3.05, 3.63) is 94.0 Å². The zero-order valence-corrected chi connectivity index (χ0v) is 21.6. The van der Waals surface area contributed by atoms with E-state index in [9.17, 15) is 0 Å². The van der Waals surface area contributed by atoms with Gasteiger partial charge in [0.15, 0.2) is 11.4 Å². The van der Waals surface area contributed by atoms with Crippen molar-refractivity contribution in [1.29, 1.82) is 0 Å². The molecule has 3 aromatic carbocycles. The maximum absolute atomic E-state index is 7.81. The van der Waals surface area contributed by atoms with Gasteiger partial charge < -0.3 is 4.42 Å². The van der Waals surface area contributed by atoms with Gasteiger partial charge in [-0.2, -0.15) is 4.57 Å². The Morgan fingerprint density at radius 1 is 0.829 bits per heavy atom. The average molecular weight is 460 g/mol. The summed E-state index contributed by atoms with van der Waals surface area (Å²) in [5, 5.41) is 2.12. The highest BCUT2D eigenvalue weighted by Gasteiger charge is 2.26. The van der Waals surface area contributed by atoms with E-state index in [0.29, 0.717) is 11.6 Å². The van der Waals surface area contributed by atoms with Crippen LogP contribution >= 0.6 is 0 Å². The molecular weight excluding hydrogens is 428 g/mol. The fourth-order valence-corrected chi connectivity index (χ4v) is 5.24. The Morgan fingerprint density at radius 3 is 2.09 bits per heavy atom. The second kappa shape index (κ2) is 8.40. The van der Waals surface area contributed by atoms with Crippen LogP contribution in [0.4, 0.5) is 5.69 Å². The molecule has 0 saturated carbocycles. The molecule has 0 aliphatic carbocycles. The van der Waals surface area contributed by atoms with Crippen molar-refractivity contribution in [3.8, 4) is 22.4 Å². The van der Waals surface area contributed by atoms with Crippen molar-refractivity contribution in [3.63, 3.8) is 0 Å². The van der Waals surface area contributed by atoms with Gasteiger partial charge in [0.2, 0.25) is 5.69 Å². The van der Waals surface area contributed by atoms with Crippen molar-refractivity contribution >= 4 is 27.6 Å². The van der Waals surface area contributed by atoms with Crippen LogP contribution in [0.2, 0.25) is 0 Å². The molecule has 3 heteroatoms. The molecule has 0 aliphatic rings. The van der Waals surface area contributed by atoms with Crippen LogP contribution in [0, 0.1) is 34.3 Å². The summed E-state index contributed by atoms with van der Waals surface area (Å²) in [6.45, 7) is 20.9. The highest BCUT2D eigenvalue weighted by Crippen LogP contribution is 2.44. The number of benzene rings is 3. The maximum atomic E-state index is 7.81. The summed E-state index contributed by atoms with van der Waals surface area (Å²) in [6, 6.07) is 19.0. The number of hydrogen-bond acceptors (Lipinski definition) is 1. The molecule has 0 unspecified atom stereocenters. The van der Waals surface area contributed by atoms with Gasteiger partial charge >= 0.3 is 0 Å². The van der Waals surface area contributed by atoms with E-state index in [4.69, 9.17) is 11.0 Å². The molecule has 0 amide bonds. The maximum Gasteiger partial charge on any atom is 0.216 e. The van der Waals surface area contributed by atoms with Gasteiger partial charge in [0, 0.05) is 34.9 Å². The molecule has 3 nitrogen and oxygen atoms in total. The van der Waals surface area contributed by atoms with E-state index in [2.05, 4.69) is 100 Å². The molecule has 0 radical (unpaired) electrons. The molecule has 174 valence electrons. The third-order valence-electron chi connectivity index (χ3n) is 7.47. The zero-order chi connectivity index (χ0) is 25.0. The molecule has 0 atom stereocenters. The van der Waals surface area contributed by atoms with Crippen LogP contribution in [-0.4, -0.2) is 0 Å². The molecule has 0 fully saturated rings. The van der Waals surface area contributed by atoms with E-state index in [1.807, 2.05) is 12.1 Å². The zero-order valence-electron chi connectivity index (χ0n) is 21.6. The largest absolute Gasteiger partial charge is 0.456 e. The lowest BCUT2D eigenvalue weighted by atomic mass is 9.93. The number of hydrogen-bond donors (Lipinski definition) is 0. The van der Waals surface area contributed by atoms with E-state index in [1.54, 1.807) is 0 Å². The van der Waals surface area contributed by atoms with Crippen LogP contribution in [0.5, 0.6) is 0 Å². The lowest BCUT2D eigenvalue weighted by Gasteiger charge is -2.14. The topological polar surface area (TPSA) is 21.4 Å². The molecule has 2 heterocycles. The first kappa shape index (κ1) is 22.9. The number of aryl methyl sites for hydroxylation is 2. The van der Waals surface area contributed by atoms with Crippen LogP contribution in [0.15, 0.2) is 59.0 Å². The molecular formula is C32H31N2O+. The fourth-order valence-electron chi connectivity index (χ4n) is 5.24. The monoisotopic (exact) mass is 459 g/mol. The van der Waals surface area contributed by atoms with Gasteiger partial charge in [0.25, 0.3) is 0 Å². The number of rotatable bonds is 3. The van der Waals surface area contributed by atoms with Crippen LogP contribution in [0.25, 0.3) is 49.2 Å². The summed E-state index contributed by atoms with van der Waals surface area (Å²) in [5.41, 5.74) is 12.7. The minimum absolute atomic E-state index is 0.429. The quantitative estimate of drug-likeness (QED) is 0.195. The third kappa shape index (κ3) is 3.53. The van der Waals surface area contributed by atoms with Crippen molar-refractivity contribution in [2.45, 2.75) is 47.5 Å². The molecule has 0 saturated heterocycles. The standard InChI is InChI=1S/C32H31N2O/c1-18(2)26-17-28(34(8)22(6)21(26)5)29-20(4)11-14-24-25-15-16-27(33-7)30(32(25)35-31(24)29)23-12-9-19(3)10-13-23/h9-18H,1-6,8H3/q+1. The minimum Gasteiger partial charge on any atom is -0.456 e. The summed E-state index contributed by atoms with van der Waals surface area (Å²) in [7, 11) is 2.14. The summed E-state index contributed by atoms with van der Waals surface area (Å²) in [5.74, 6) is 0.429. The Labute approximate surface area is 207 Å². The normalized spacial score (nSPS) is 11.5. The van der Waals surface area contributed by atoms with Crippen molar-refractivity contribution < 1.29 is 8.98 Å². The summed E-state index contributed by atoms with van der Waals surface area (Å²) < 4.78 is 9.03. The highest BCUT2D eigenvalue weighted by molar-refractivity contribution is 6.15. The number of pyridine rings is 1. The molecule has 0 spiro atoms. The Kier molecular flexibility index (Phi) is 5.49. The Bertz CT molecular complexity index is 1660. The van der Waals surface area contributed by atoms with E-state index in [-0.39, 0.29) is 0 Å². The average Bonchev–Trinajstić information content (AvgIpc) is 3.21. The summed E-state index contributed by atoms with van der Waals surface area (Å²) in [6.07, 6.45) is 0. The predicted octanol–water partition coefficient (Wildman–Crippen LogP) is 8.65. The lowest BCUT2D eigenvalue weighted by Crippen LogP contribution is -2.36. The van der Waals surface area contributed by atoms with Crippen LogP contribution in [0.3, 0.4) is 0 Å². The highest BCUT2D eigenvalue weighted by atomic mass is 16.3. The smallest absolute Gasteiger partial charge is 0.216 e. The first-order chi connectivity index (χ1) is 16.7. The second-order valence-corrected chi connectivity index (χ2v) is 9.96. The van der Waals surface area contributed by atoms with Crippen LogP contribution in [0.1, 0.15) is 47.7 Å². The number of aromatic nitrogens is 1. The molecule has 35 heavy (non-hydrogen) atoms. The SMILES string of the molecule is [C-]#[N+]c1ccc2c(oc3c(-c4cc(C(C)C)c(C)c(C)[n+]4C)c(C)ccc32)c1-c1ccc(C)cc1. The van der Waals surface area contributed by atoms with E-state index < -0.39 is 0 Å². The van der Waals surface area contributed by atoms with E-state index in [0.717, 1.165) is 44.3 Å². The molecule has 2 aromatic heterocycles. The van der Waals surface area contributed by atoms with Gasteiger partial charge in [-0.25, -0.2) is 4.85 Å². The van der Waals surface area contributed by atoms with Gasteiger partial charge in [-0.3, -0.25) is 0 Å². The molecule has 5 rings (SSSR count). The Balaban J connectivity index is 1.90. The molecule has 0 N–H and O–H groups in total.